The first-order chi connectivity index (χ1) is 7.41. The molecule has 1 rings (SSSR count). The quantitative estimate of drug-likeness (QED) is 0.773. The molecule has 0 spiro atoms. The van der Waals surface area contributed by atoms with Crippen LogP contribution in [0.25, 0.3) is 0 Å². The van der Waals surface area contributed by atoms with Gasteiger partial charge in [0.15, 0.2) is 0 Å². The lowest BCUT2D eigenvalue weighted by Crippen LogP contribution is -2.04. The third-order valence-corrected chi connectivity index (χ3v) is 1.80. The van der Waals surface area contributed by atoms with Crippen LogP contribution in [-0.2, 0) is 6.18 Å². The fourth-order valence-corrected chi connectivity index (χ4v) is 0.876. The highest BCUT2D eigenvalue weighted by Gasteiger charge is 2.29. The molecule has 0 atom stereocenters. The van der Waals surface area contributed by atoms with Crippen molar-refractivity contribution in [3.8, 4) is 0 Å². The number of halogens is 3. The summed E-state index contributed by atoms with van der Waals surface area (Å²) in [4.78, 5) is 0. The molecule has 5 heteroatoms. The number of nitrogen functional groups attached to an aromatic ring is 1. The van der Waals surface area contributed by atoms with E-state index >= 15 is 0 Å². The molecule has 0 aromatic heterocycles. The Kier molecular flexibility index (Phi) is 6.56. The van der Waals surface area contributed by atoms with E-state index in [0.717, 1.165) is 18.7 Å². The van der Waals surface area contributed by atoms with Crippen molar-refractivity contribution in [1.82, 2.24) is 0 Å². The molecule has 2 nitrogen and oxygen atoms in total. The average molecular weight is 234 g/mol. The van der Waals surface area contributed by atoms with Gasteiger partial charge >= 0.3 is 6.18 Å². The highest BCUT2D eigenvalue weighted by molar-refractivity contribution is 5.39. The summed E-state index contributed by atoms with van der Waals surface area (Å²) in [7, 11) is 0. The molecule has 0 heterocycles. The summed E-state index contributed by atoms with van der Waals surface area (Å²) in [5, 5.41) is 0. The number of nitrogens with two attached hydrogens (primary N) is 2. The van der Waals surface area contributed by atoms with Crippen LogP contribution in [0.1, 0.15) is 25.3 Å². The summed E-state index contributed by atoms with van der Waals surface area (Å²) in [5.74, 6) is 0. The van der Waals surface area contributed by atoms with Crippen LogP contribution >= 0.6 is 0 Å². The zero-order valence-electron chi connectivity index (χ0n) is 9.22. The van der Waals surface area contributed by atoms with E-state index < -0.39 is 11.7 Å². The van der Waals surface area contributed by atoms with Crippen molar-refractivity contribution in [2.24, 2.45) is 5.73 Å². The number of unbranched alkanes of at least 4 members (excludes halogenated alkanes) is 1. The summed E-state index contributed by atoms with van der Waals surface area (Å²) in [6.07, 6.45) is -1.88. The van der Waals surface area contributed by atoms with Crippen molar-refractivity contribution in [1.29, 1.82) is 0 Å². The van der Waals surface area contributed by atoms with Gasteiger partial charge in [-0.15, -0.1) is 0 Å². The Morgan fingerprint density at radius 2 is 1.62 bits per heavy atom. The standard InChI is InChI=1S/C7H6F3N.C4H11N/c8-7(9,10)5-1-3-6(11)4-2-5;1-2-3-4-5/h1-4H,11H2;2-5H2,1H3. The van der Waals surface area contributed by atoms with Gasteiger partial charge in [0.1, 0.15) is 0 Å². The van der Waals surface area contributed by atoms with Crippen molar-refractivity contribution in [2.75, 3.05) is 12.3 Å². The van der Waals surface area contributed by atoms with Crippen LogP contribution in [0, 0.1) is 0 Å². The second-order valence-electron chi connectivity index (χ2n) is 3.26. The summed E-state index contributed by atoms with van der Waals surface area (Å²) < 4.78 is 35.6. The van der Waals surface area contributed by atoms with E-state index in [1.807, 2.05) is 0 Å². The number of hydrogen-bond acceptors (Lipinski definition) is 2. The average Bonchev–Trinajstić information content (AvgIpc) is 2.19. The largest absolute Gasteiger partial charge is 0.416 e. The summed E-state index contributed by atoms with van der Waals surface area (Å²) in [6, 6.07) is 4.36. The molecule has 92 valence electrons. The van der Waals surface area contributed by atoms with Crippen LogP contribution in [0.4, 0.5) is 18.9 Å². The van der Waals surface area contributed by atoms with Crippen molar-refractivity contribution in [2.45, 2.75) is 25.9 Å². The number of rotatable bonds is 2. The van der Waals surface area contributed by atoms with Gasteiger partial charge in [0, 0.05) is 5.69 Å². The Hall–Kier alpha value is -1.23. The van der Waals surface area contributed by atoms with E-state index in [1.165, 1.54) is 25.0 Å². The fourth-order valence-electron chi connectivity index (χ4n) is 0.876. The highest BCUT2D eigenvalue weighted by atomic mass is 19.4. The van der Waals surface area contributed by atoms with Crippen LogP contribution in [-0.4, -0.2) is 6.54 Å². The van der Waals surface area contributed by atoms with Crippen molar-refractivity contribution >= 4 is 5.69 Å². The smallest absolute Gasteiger partial charge is 0.399 e. The maximum absolute atomic E-state index is 11.9. The van der Waals surface area contributed by atoms with E-state index in [9.17, 15) is 13.2 Å². The highest BCUT2D eigenvalue weighted by Crippen LogP contribution is 2.29. The Morgan fingerprint density at radius 3 is 1.88 bits per heavy atom. The van der Waals surface area contributed by atoms with Crippen LogP contribution in [0.3, 0.4) is 0 Å². The molecule has 0 amide bonds. The zero-order valence-corrected chi connectivity index (χ0v) is 9.22. The SMILES string of the molecule is CCCCN.Nc1ccc(C(F)(F)F)cc1. The Labute approximate surface area is 93.4 Å². The molecule has 0 unspecified atom stereocenters. The second kappa shape index (κ2) is 7.11. The van der Waals surface area contributed by atoms with Crippen molar-refractivity contribution < 1.29 is 13.2 Å². The topological polar surface area (TPSA) is 52.0 Å². The van der Waals surface area contributed by atoms with Gasteiger partial charge in [-0.1, -0.05) is 13.3 Å². The van der Waals surface area contributed by atoms with E-state index in [0.29, 0.717) is 5.69 Å². The molecule has 0 aliphatic carbocycles. The van der Waals surface area contributed by atoms with Crippen LogP contribution in [0.5, 0.6) is 0 Å². The first-order valence-electron chi connectivity index (χ1n) is 5.04. The van der Waals surface area contributed by atoms with E-state index in [4.69, 9.17) is 11.5 Å². The molecule has 16 heavy (non-hydrogen) atoms. The van der Waals surface area contributed by atoms with Crippen LogP contribution < -0.4 is 11.5 Å². The van der Waals surface area contributed by atoms with Gasteiger partial charge in [-0.2, -0.15) is 13.2 Å². The van der Waals surface area contributed by atoms with Gasteiger partial charge in [-0.05, 0) is 37.2 Å². The maximum atomic E-state index is 11.9. The molecular formula is C11H17F3N2. The first kappa shape index (κ1) is 14.8. The van der Waals surface area contributed by atoms with Gasteiger partial charge in [0.2, 0.25) is 0 Å². The monoisotopic (exact) mass is 234 g/mol. The Balaban J connectivity index is 0.000000385. The molecule has 0 fully saturated rings. The summed E-state index contributed by atoms with van der Waals surface area (Å²) in [6.45, 7) is 2.98. The van der Waals surface area contributed by atoms with Crippen molar-refractivity contribution in [3.63, 3.8) is 0 Å². The minimum atomic E-state index is -4.27. The Morgan fingerprint density at radius 1 is 1.12 bits per heavy atom. The normalized spacial score (nSPS) is 10.6. The molecule has 0 saturated heterocycles. The fraction of sp³-hybridized carbons (Fsp3) is 0.455. The molecule has 1 aromatic rings. The molecule has 4 N–H and O–H groups in total. The molecule has 0 bridgehead atoms. The van der Waals surface area contributed by atoms with Gasteiger partial charge in [-0.3, -0.25) is 0 Å². The second-order valence-corrected chi connectivity index (χ2v) is 3.26. The molecular weight excluding hydrogens is 217 g/mol. The minimum absolute atomic E-state index is 0.331. The van der Waals surface area contributed by atoms with Crippen LogP contribution in [0.15, 0.2) is 24.3 Å². The van der Waals surface area contributed by atoms with E-state index in [1.54, 1.807) is 0 Å². The molecule has 1 aromatic carbocycles. The van der Waals surface area contributed by atoms with Gasteiger partial charge < -0.3 is 11.5 Å². The minimum Gasteiger partial charge on any atom is -0.399 e. The first-order valence-corrected chi connectivity index (χ1v) is 5.04. The van der Waals surface area contributed by atoms with Crippen molar-refractivity contribution in [3.05, 3.63) is 29.8 Å². The third kappa shape index (κ3) is 6.29. The van der Waals surface area contributed by atoms with Crippen LogP contribution in [0.2, 0.25) is 0 Å². The number of benzene rings is 1. The van der Waals surface area contributed by atoms with Gasteiger partial charge in [0.25, 0.3) is 0 Å². The third-order valence-electron chi connectivity index (χ3n) is 1.80. The van der Waals surface area contributed by atoms with E-state index in [-0.39, 0.29) is 0 Å². The lowest BCUT2D eigenvalue weighted by Gasteiger charge is -2.05. The predicted molar refractivity (Wildman–Crippen MR) is 59.8 cm³/mol. The summed E-state index contributed by atoms with van der Waals surface area (Å²) in [5.41, 5.74) is 10.00. The summed E-state index contributed by atoms with van der Waals surface area (Å²) >= 11 is 0. The maximum Gasteiger partial charge on any atom is 0.416 e. The molecule has 0 radical (unpaired) electrons. The number of anilines is 1. The van der Waals surface area contributed by atoms with E-state index in [2.05, 4.69) is 6.92 Å². The van der Waals surface area contributed by atoms with Gasteiger partial charge in [-0.25, -0.2) is 0 Å². The lowest BCUT2D eigenvalue weighted by molar-refractivity contribution is -0.137. The predicted octanol–water partition coefficient (Wildman–Crippen LogP) is 3.03. The number of alkyl halides is 3. The zero-order chi connectivity index (χ0) is 12.6. The Bertz CT molecular complexity index is 278. The molecule has 0 aliphatic heterocycles. The lowest BCUT2D eigenvalue weighted by atomic mass is 10.2. The molecule has 0 aliphatic rings. The van der Waals surface area contributed by atoms with Gasteiger partial charge in [0.05, 0.1) is 5.56 Å². The number of hydrogen-bond donors (Lipinski definition) is 2. The molecule has 0 saturated carbocycles.